The van der Waals surface area contributed by atoms with Gasteiger partial charge in [-0.2, -0.15) is 0 Å². The first kappa shape index (κ1) is 15.7. The van der Waals surface area contributed by atoms with Crippen LogP contribution < -0.4 is 0 Å². The molecule has 25 heavy (non-hydrogen) atoms. The van der Waals surface area contributed by atoms with Crippen molar-refractivity contribution in [2.24, 2.45) is 0 Å². The molecule has 4 aromatic carbocycles. The van der Waals surface area contributed by atoms with Crippen LogP contribution in [0.4, 0.5) is 0 Å². The minimum absolute atomic E-state index is 0.756. The third kappa shape index (κ3) is 3.35. The van der Waals surface area contributed by atoms with E-state index >= 15 is 0 Å². The molecule has 0 amide bonds. The van der Waals surface area contributed by atoms with Gasteiger partial charge in [0.25, 0.3) is 0 Å². The fourth-order valence-corrected chi connectivity index (χ4v) is 3.31. The van der Waals surface area contributed by atoms with E-state index in [4.69, 9.17) is 11.6 Å². The molecule has 4 rings (SSSR count). The summed E-state index contributed by atoms with van der Waals surface area (Å²) in [5.74, 6) is 0. The number of halogens is 1. The molecule has 120 valence electrons. The van der Waals surface area contributed by atoms with E-state index in [1.165, 1.54) is 27.8 Å². The molecule has 0 aromatic heterocycles. The van der Waals surface area contributed by atoms with Gasteiger partial charge >= 0.3 is 0 Å². The van der Waals surface area contributed by atoms with Crippen molar-refractivity contribution in [1.29, 1.82) is 0 Å². The standard InChI is InChI=1S/C24H17Cl/c25-22-10-6-9-21(17-22)24-12-5-4-11-23(24)20-15-13-19(14-16-20)18-7-2-1-3-8-18/h1-17H. The Kier molecular flexibility index (Phi) is 4.37. The second-order valence-corrected chi connectivity index (χ2v) is 6.44. The number of rotatable bonds is 3. The Bertz CT molecular complexity index is 986. The second-order valence-electron chi connectivity index (χ2n) is 6.00. The molecule has 0 spiro atoms. The predicted octanol–water partition coefficient (Wildman–Crippen LogP) is 7.34. The van der Waals surface area contributed by atoms with Gasteiger partial charge in [0, 0.05) is 5.02 Å². The van der Waals surface area contributed by atoms with Crippen LogP contribution in [0.5, 0.6) is 0 Å². The molecule has 4 aromatic rings. The van der Waals surface area contributed by atoms with Crippen molar-refractivity contribution in [3.8, 4) is 33.4 Å². The van der Waals surface area contributed by atoms with Crippen LogP contribution in [0.15, 0.2) is 103 Å². The van der Waals surface area contributed by atoms with Gasteiger partial charge < -0.3 is 0 Å². The summed E-state index contributed by atoms with van der Waals surface area (Å²) in [6, 6.07) is 35.6. The van der Waals surface area contributed by atoms with E-state index in [0.717, 1.165) is 10.6 Å². The Morgan fingerprint density at radius 1 is 0.400 bits per heavy atom. The van der Waals surface area contributed by atoms with Gasteiger partial charge in [-0.3, -0.25) is 0 Å². The summed E-state index contributed by atoms with van der Waals surface area (Å²) in [4.78, 5) is 0. The van der Waals surface area contributed by atoms with Crippen molar-refractivity contribution in [3.05, 3.63) is 108 Å². The van der Waals surface area contributed by atoms with Crippen molar-refractivity contribution in [3.63, 3.8) is 0 Å². The average molecular weight is 341 g/mol. The molecule has 0 bridgehead atoms. The summed E-state index contributed by atoms with van der Waals surface area (Å²) in [5.41, 5.74) is 7.20. The normalized spacial score (nSPS) is 10.6. The van der Waals surface area contributed by atoms with E-state index in [1.54, 1.807) is 0 Å². The SMILES string of the molecule is Clc1cccc(-c2ccccc2-c2ccc(-c3ccccc3)cc2)c1. The Labute approximate surface area is 153 Å². The summed E-state index contributed by atoms with van der Waals surface area (Å²) in [6.45, 7) is 0. The highest BCUT2D eigenvalue weighted by atomic mass is 35.5. The molecule has 0 saturated carbocycles. The van der Waals surface area contributed by atoms with Gasteiger partial charge in [0.05, 0.1) is 0 Å². The molecule has 0 radical (unpaired) electrons. The van der Waals surface area contributed by atoms with Gasteiger partial charge in [0.1, 0.15) is 0 Å². The third-order valence-electron chi connectivity index (χ3n) is 4.37. The minimum atomic E-state index is 0.756. The number of hydrogen-bond acceptors (Lipinski definition) is 0. The maximum atomic E-state index is 6.18. The molecular formula is C24H17Cl. The first-order valence-corrected chi connectivity index (χ1v) is 8.70. The first-order valence-electron chi connectivity index (χ1n) is 8.32. The van der Waals surface area contributed by atoms with Gasteiger partial charge in [0.2, 0.25) is 0 Å². The maximum absolute atomic E-state index is 6.18. The minimum Gasteiger partial charge on any atom is -0.0843 e. The Morgan fingerprint density at radius 2 is 0.920 bits per heavy atom. The van der Waals surface area contributed by atoms with Crippen LogP contribution >= 0.6 is 11.6 Å². The van der Waals surface area contributed by atoms with Crippen molar-refractivity contribution in [2.75, 3.05) is 0 Å². The zero-order valence-corrected chi connectivity index (χ0v) is 14.4. The second kappa shape index (κ2) is 6.96. The van der Waals surface area contributed by atoms with E-state index in [0.29, 0.717) is 0 Å². The lowest BCUT2D eigenvalue weighted by Crippen LogP contribution is -1.85. The molecule has 0 fully saturated rings. The van der Waals surface area contributed by atoms with Crippen molar-refractivity contribution >= 4 is 11.6 Å². The van der Waals surface area contributed by atoms with Crippen molar-refractivity contribution in [1.82, 2.24) is 0 Å². The lowest BCUT2D eigenvalue weighted by atomic mass is 9.93. The Balaban J connectivity index is 1.76. The van der Waals surface area contributed by atoms with Crippen LogP contribution in [-0.4, -0.2) is 0 Å². The van der Waals surface area contributed by atoms with Gasteiger partial charge in [-0.25, -0.2) is 0 Å². The molecule has 0 saturated heterocycles. The molecule has 0 unspecified atom stereocenters. The van der Waals surface area contributed by atoms with Crippen LogP contribution in [0.1, 0.15) is 0 Å². The van der Waals surface area contributed by atoms with E-state index < -0.39 is 0 Å². The lowest BCUT2D eigenvalue weighted by molar-refractivity contribution is 1.57. The first-order chi connectivity index (χ1) is 12.3. The molecule has 0 aliphatic rings. The maximum Gasteiger partial charge on any atom is 0.0412 e. The topological polar surface area (TPSA) is 0 Å². The van der Waals surface area contributed by atoms with Gasteiger partial charge in [-0.1, -0.05) is 103 Å². The van der Waals surface area contributed by atoms with Crippen LogP contribution in [0.2, 0.25) is 5.02 Å². The molecule has 0 aliphatic heterocycles. The summed E-state index contributed by atoms with van der Waals surface area (Å²) >= 11 is 6.18. The van der Waals surface area contributed by atoms with Crippen LogP contribution in [-0.2, 0) is 0 Å². The Hall–Kier alpha value is -2.83. The summed E-state index contributed by atoms with van der Waals surface area (Å²) < 4.78 is 0. The summed E-state index contributed by atoms with van der Waals surface area (Å²) in [7, 11) is 0. The van der Waals surface area contributed by atoms with Gasteiger partial charge in [-0.05, 0) is 45.5 Å². The molecule has 0 aliphatic carbocycles. The van der Waals surface area contributed by atoms with Crippen LogP contribution in [0.25, 0.3) is 33.4 Å². The Morgan fingerprint density at radius 3 is 1.60 bits per heavy atom. The van der Waals surface area contributed by atoms with E-state index in [9.17, 15) is 0 Å². The quantitative estimate of drug-likeness (QED) is 0.366. The largest absolute Gasteiger partial charge is 0.0843 e. The zero-order chi connectivity index (χ0) is 17.1. The molecule has 0 heterocycles. The highest BCUT2D eigenvalue weighted by Gasteiger charge is 2.07. The van der Waals surface area contributed by atoms with E-state index in [-0.39, 0.29) is 0 Å². The zero-order valence-electron chi connectivity index (χ0n) is 13.7. The molecule has 0 nitrogen and oxygen atoms in total. The van der Waals surface area contributed by atoms with Gasteiger partial charge in [0.15, 0.2) is 0 Å². The van der Waals surface area contributed by atoms with Crippen LogP contribution in [0.3, 0.4) is 0 Å². The summed E-state index contributed by atoms with van der Waals surface area (Å²) in [5, 5.41) is 0.756. The summed E-state index contributed by atoms with van der Waals surface area (Å²) in [6.07, 6.45) is 0. The molecule has 0 atom stereocenters. The highest BCUT2D eigenvalue weighted by molar-refractivity contribution is 6.30. The smallest absolute Gasteiger partial charge is 0.0412 e. The third-order valence-corrected chi connectivity index (χ3v) is 4.60. The van der Waals surface area contributed by atoms with E-state index in [1.807, 2.05) is 24.3 Å². The predicted molar refractivity (Wildman–Crippen MR) is 108 cm³/mol. The monoisotopic (exact) mass is 340 g/mol. The fourth-order valence-electron chi connectivity index (χ4n) is 3.12. The van der Waals surface area contributed by atoms with Crippen molar-refractivity contribution in [2.45, 2.75) is 0 Å². The molecule has 0 N–H and O–H groups in total. The lowest BCUT2D eigenvalue weighted by Gasteiger charge is -2.11. The molecular weight excluding hydrogens is 324 g/mol. The van der Waals surface area contributed by atoms with Gasteiger partial charge in [-0.15, -0.1) is 0 Å². The average Bonchev–Trinajstić information content (AvgIpc) is 2.69. The number of hydrogen-bond donors (Lipinski definition) is 0. The molecule has 1 heteroatoms. The van der Waals surface area contributed by atoms with Crippen LogP contribution in [0, 0.1) is 0 Å². The fraction of sp³-hybridized carbons (Fsp3) is 0. The van der Waals surface area contributed by atoms with E-state index in [2.05, 4.69) is 78.9 Å². The van der Waals surface area contributed by atoms with Crippen molar-refractivity contribution < 1.29 is 0 Å². The number of benzene rings is 4. The highest BCUT2D eigenvalue weighted by Crippen LogP contribution is 2.34.